The predicted octanol–water partition coefficient (Wildman–Crippen LogP) is 6.92. The van der Waals surface area contributed by atoms with Crippen LogP contribution < -0.4 is 0 Å². The molecule has 2 nitrogen and oxygen atoms in total. The van der Waals surface area contributed by atoms with Crippen LogP contribution in [0.15, 0.2) is 46.7 Å². The number of benzene rings is 2. The number of thiophene rings is 2. The van der Waals surface area contributed by atoms with Gasteiger partial charge in [-0.3, -0.25) is 9.16 Å². The van der Waals surface area contributed by atoms with Crippen molar-refractivity contribution in [1.82, 2.24) is 9.97 Å². The highest BCUT2D eigenvalue weighted by Gasteiger charge is 2.26. The van der Waals surface area contributed by atoms with Crippen LogP contribution in [0.2, 0.25) is 0 Å². The van der Waals surface area contributed by atoms with E-state index < -0.39 is 9.16 Å². The van der Waals surface area contributed by atoms with E-state index in [2.05, 4.69) is 73.3 Å². The number of nitrogens with one attached hydrogen (secondary N) is 1. The fraction of sp³-hybridized carbons (Fsp3) is 0.227. The third-order valence-corrected chi connectivity index (χ3v) is 11.4. The molecule has 0 amide bonds. The van der Waals surface area contributed by atoms with Gasteiger partial charge in [-0.05, 0) is 44.1 Å². The standard InChI is InChI=1S/C22H24N2S3/c1-13-11-15-18-19(24-22(23-18)14-9-7-6-8-10-14)16-12-17(27(2,3,4)5)26-21(16)20(15)25-13/h6-12,27H,1-5H3,(H,23,24). The van der Waals surface area contributed by atoms with Gasteiger partial charge in [0.05, 0.1) is 20.4 Å². The number of H-pyrrole nitrogens is 1. The van der Waals surface area contributed by atoms with Gasteiger partial charge in [-0.2, -0.15) is 0 Å². The number of hydrogen-bond donors (Lipinski definition) is 2. The summed E-state index contributed by atoms with van der Waals surface area (Å²) in [7, 11) is -1.83. The smallest absolute Gasteiger partial charge is 0.138 e. The molecule has 0 radical (unpaired) electrons. The van der Waals surface area contributed by atoms with Crippen molar-refractivity contribution in [3.63, 3.8) is 0 Å². The Bertz CT molecular complexity index is 1320. The van der Waals surface area contributed by atoms with E-state index >= 15 is 0 Å². The lowest BCUT2D eigenvalue weighted by atomic mass is 10.1. The molecule has 5 heteroatoms. The first-order valence-corrected chi connectivity index (χ1v) is 14.7. The Balaban J connectivity index is 1.93. The summed E-state index contributed by atoms with van der Waals surface area (Å²) in [5.74, 6) is 0.953. The maximum atomic E-state index is 5.03. The van der Waals surface area contributed by atoms with E-state index in [1.54, 1.807) is 0 Å². The van der Waals surface area contributed by atoms with Crippen LogP contribution in [0.1, 0.15) is 4.88 Å². The summed E-state index contributed by atoms with van der Waals surface area (Å²) in [6, 6.07) is 15.1. The van der Waals surface area contributed by atoms with Crippen LogP contribution in [-0.2, 0) is 0 Å². The third kappa shape index (κ3) is 2.72. The average Bonchev–Trinajstić information content (AvgIpc) is 3.29. The molecule has 0 aliphatic rings. The van der Waals surface area contributed by atoms with Gasteiger partial charge in [0.15, 0.2) is 0 Å². The van der Waals surface area contributed by atoms with Gasteiger partial charge < -0.3 is 4.98 Å². The Kier molecular flexibility index (Phi) is 3.44. The van der Waals surface area contributed by atoms with Crippen molar-refractivity contribution in [1.29, 1.82) is 0 Å². The molecular weight excluding hydrogens is 388 g/mol. The molecule has 3 aromatic heterocycles. The molecule has 0 saturated carbocycles. The van der Waals surface area contributed by atoms with Crippen molar-refractivity contribution >= 4 is 63.0 Å². The number of hydrogen-bond acceptors (Lipinski definition) is 3. The summed E-state index contributed by atoms with van der Waals surface area (Å²) in [6.07, 6.45) is 9.75. The van der Waals surface area contributed by atoms with Gasteiger partial charge in [-0.15, -0.1) is 22.7 Å². The molecule has 0 fully saturated rings. The molecule has 0 aliphatic carbocycles. The lowest BCUT2D eigenvalue weighted by Gasteiger charge is -2.46. The van der Waals surface area contributed by atoms with E-state index in [0.29, 0.717) is 0 Å². The lowest BCUT2D eigenvalue weighted by molar-refractivity contribution is 1.34. The van der Waals surface area contributed by atoms with Crippen molar-refractivity contribution in [3.8, 4) is 11.4 Å². The quantitative estimate of drug-likeness (QED) is 0.303. The van der Waals surface area contributed by atoms with Gasteiger partial charge in [0, 0.05) is 25.4 Å². The van der Waals surface area contributed by atoms with E-state index in [0.717, 1.165) is 16.9 Å². The van der Waals surface area contributed by atoms with Crippen molar-refractivity contribution < 1.29 is 0 Å². The van der Waals surface area contributed by atoms with Crippen molar-refractivity contribution in [2.45, 2.75) is 11.1 Å². The monoisotopic (exact) mass is 412 g/mol. The van der Waals surface area contributed by atoms with Crippen molar-refractivity contribution in [2.24, 2.45) is 0 Å². The molecule has 0 saturated heterocycles. The zero-order valence-electron chi connectivity index (χ0n) is 16.3. The molecule has 0 spiro atoms. The Morgan fingerprint density at radius 1 is 0.889 bits per heavy atom. The number of aromatic nitrogens is 2. The summed E-state index contributed by atoms with van der Waals surface area (Å²) in [5.41, 5.74) is 3.41. The second kappa shape index (κ2) is 5.37. The van der Waals surface area contributed by atoms with E-state index in [9.17, 15) is 0 Å². The van der Waals surface area contributed by atoms with Crippen LogP contribution >= 0.6 is 31.8 Å². The fourth-order valence-electron chi connectivity index (χ4n) is 3.53. The Hall–Kier alpha value is -1.82. The van der Waals surface area contributed by atoms with Crippen molar-refractivity contribution in [3.05, 3.63) is 47.3 Å². The zero-order chi connectivity index (χ0) is 19.0. The van der Waals surface area contributed by atoms with Crippen molar-refractivity contribution in [2.75, 3.05) is 25.0 Å². The van der Waals surface area contributed by atoms with Gasteiger partial charge in [0.2, 0.25) is 0 Å². The second-order valence-corrected chi connectivity index (χ2v) is 19.4. The molecule has 0 aliphatic heterocycles. The number of aromatic amines is 1. The first-order chi connectivity index (χ1) is 12.7. The molecule has 0 bridgehead atoms. The minimum Gasteiger partial charge on any atom is -0.337 e. The average molecular weight is 413 g/mol. The Labute approximate surface area is 167 Å². The molecule has 27 heavy (non-hydrogen) atoms. The fourth-order valence-corrected chi connectivity index (χ4v) is 7.98. The summed E-state index contributed by atoms with van der Waals surface area (Å²) >= 11 is 3.88. The molecule has 5 aromatic rings. The van der Waals surface area contributed by atoms with E-state index in [1.165, 1.54) is 34.8 Å². The number of imidazole rings is 1. The van der Waals surface area contributed by atoms with Gasteiger partial charge in [-0.25, -0.2) is 4.98 Å². The van der Waals surface area contributed by atoms with Gasteiger partial charge in [0.25, 0.3) is 0 Å². The maximum Gasteiger partial charge on any atom is 0.138 e. The maximum absolute atomic E-state index is 5.03. The molecule has 1 N–H and O–H groups in total. The molecular formula is C22H24N2S3. The molecule has 140 valence electrons. The third-order valence-electron chi connectivity index (χ3n) is 4.94. The van der Waals surface area contributed by atoms with E-state index in [4.69, 9.17) is 4.98 Å². The second-order valence-electron chi connectivity index (χ2n) is 9.18. The molecule has 0 atom stereocenters. The summed E-state index contributed by atoms with van der Waals surface area (Å²) in [6.45, 7) is 2.20. The molecule has 0 unspecified atom stereocenters. The highest BCUT2D eigenvalue weighted by molar-refractivity contribution is 8.48. The summed E-state index contributed by atoms with van der Waals surface area (Å²) < 4.78 is 4.33. The first-order valence-electron chi connectivity index (χ1n) is 9.09. The summed E-state index contributed by atoms with van der Waals surface area (Å²) in [5, 5.41) is 2.61. The van der Waals surface area contributed by atoms with Gasteiger partial charge >= 0.3 is 0 Å². The summed E-state index contributed by atoms with van der Waals surface area (Å²) in [4.78, 5) is 10.0. The number of fused-ring (bicyclic) bond motifs is 6. The topological polar surface area (TPSA) is 28.7 Å². The van der Waals surface area contributed by atoms with Crippen LogP contribution in [-0.4, -0.2) is 35.0 Å². The normalized spacial score (nSPS) is 14.2. The highest BCUT2D eigenvalue weighted by atomic mass is 32.3. The lowest BCUT2D eigenvalue weighted by Crippen LogP contribution is -2.08. The Morgan fingerprint density at radius 3 is 2.30 bits per heavy atom. The number of rotatable bonds is 2. The zero-order valence-corrected chi connectivity index (χ0v) is 18.8. The largest absolute Gasteiger partial charge is 0.337 e. The Morgan fingerprint density at radius 2 is 1.59 bits per heavy atom. The van der Waals surface area contributed by atoms with Crippen LogP contribution in [0.3, 0.4) is 0 Å². The molecule has 5 rings (SSSR count). The predicted molar refractivity (Wildman–Crippen MR) is 128 cm³/mol. The van der Waals surface area contributed by atoms with E-state index in [-0.39, 0.29) is 0 Å². The minimum atomic E-state index is -1.83. The first kappa shape index (κ1) is 17.3. The van der Waals surface area contributed by atoms with Gasteiger partial charge in [0.1, 0.15) is 5.82 Å². The SMILES string of the molecule is Cc1cc2c3nc(-c4ccccc4)[nH]c3c3cc([SH](C)(C)(C)C)sc3c2s1. The highest BCUT2D eigenvalue weighted by Crippen LogP contribution is 2.66. The van der Waals surface area contributed by atoms with Crippen LogP contribution in [0, 0.1) is 6.92 Å². The number of nitrogens with zero attached hydrogens (tertiary/aromatic N) is 1. The number of aryl methyl sites for hydroxylation is 1. The number of thiol groups is 1. The van der Waals surface area contributed by atoms with Crippen LogP contribution in [0.4, 0.5) is 0 Å². The van der Waals surface area contributed by atoms with E-state index in [1.807, 2.05) is 28.7 Å². The molecule has 3 heterocycles. The van der Waals surface area contributed by atoms with Gasteiger partial charge in [-0.1, -0.05) is 30.3 Å². The minimum absolute atomic E-state index is 0.953. The molecule has 2 aromatic carbocycles. The van der Waals surface area contributed by atoms with Crippen LogP contribution in [0.25, 0.3) is 42.6 Å². The van der Waals surface area contributed by atoms with Crippen LogP contribution in [0.5, 0.6) is 0 Å².